The van der Waals surface area contributed by atoms with Crippen LogP contribution in [0.3, 0.4) is 0 Å². The summed E-state index contributed by atoms with van der Waals surface area (Å²) in [4.78, 5) is 10.2. The number of ether oxygens (including phenoxy) is 1. The van der Waals surface area contributed by atoms with Crippen molar-refractivity contribution in [3.05, 3.63) is 32.8 Å². The third kappa shape index (κ3) is 2.07. The van der Waals surface area contributed by atoms with Crippen LogP contribution in [0.1, 0.15) is 18.0 Å². The van der Waals surface area contributed by atoms with Crippen molar-refractivity contribution >= 4 is 29.7 Å². The molecule has 1 aliphatic heterocycles. The molecule has 7 heteroatoms. The van der Waals surface area contributed by atoms with Crippen molar-refractivity contribution in [2.24, 2.45) is 5.73 Å². The van der Waals surface area contributed by atoms with Gasteiger partial charge in [0, 0.05) is 29.1 Å². The first kappa shape index (κ1) is 13.0. The third-order valence-corrected chi connectivity index (χ3v) is 2.69. The molecule has 0 bridgehead atoms. The minimum atomic E-state index is -0.493. The van der Waals surface area contributed by atoms with Crippen LogP contribution in [0, 0.1) is 10.1 Å². The van der Waals surface area contributed by atoms with Crippen LogP contribution < -0.4 is 10.5 Å². The number of nitrogens with zero attached hydrogens (tertiary/aromatic N) is 1. The number of benzene rings is 1. The van der Waals surface area contributed by atoms with E-state index in [4.69, 9.17) is 22.1 Å². The Hall–Kier alpha value is -1.04. The summed E-state index contributed by atoms with van der Waals surface area (Å²) in [6.07, 6.45) is 0.619. The quantitative estimate of drug-likeness (QED) is 0.624. The van der Waals surface area contributed by atoms with Gasteiger partial charge in [0.2, 0.25) is 5.75 Å². The smallest absolute Gasteiger partial charge is 0.311 e. The molecule has 0 aromatic heterocycles. The molecule has 0 saturated carbocycles. The lowest BCUT2D eigenvalue weighted by atomic mass is 10.0. The van der Waals surface area contributed by atoms with Gasteiger partial charge in [0.15, 0.2) is 0 Å². The zero-order valence-electron chi connectivity index (χ0n) is 8.18. The summed E-state index contributed by atoms with van der Waals surface area (Å²) in [5.74, 6) is 0.214. The molecular formula is C9H10Cl2N2O3. The fraction of sp³-hybridized carbons (Fsp3) is 0.333. The predicted molar refractivity (Wildman–Crippen MR) is 62.4 cm³/mol. The molecule has 88 valence electrons. The van der Waals surface area contributed by atoms with Crippen LogP contribution in [-0.2, 0) is 0 Å². The van der Waals surface area contributed by atoms with Gasteiger partial charge in [0.05, 0.1) is 11.5 Å². The van der Waals surface area contributed by atoms with Crippen molar-refractivity contribution in [1.29, 1.82) is 0 Å². The molecule has 1 atom stereocenters. The van der Waals surface area contributed by atoms with E-state index in [-0.39, 0.29) is 29.9 Å². The summed E-state index contributed by atoms with van der Waals surface area (Å²) in [6, 6.07) is 2.52. The van der Waals surface area contributed by atoms with E-state index in [1.807, 2.05) is 0 Å². The van der Waals surface area contributed by atoms with Gasteiger partial charge in [-0.2, -0.15) is 0 Å². The summed E-state index contributed by atoms with van der Waals surface area (Å²) in [5, 5.41) is 11.2. The number of fused-ring (bicyclic) bond motifs is 1. The summed E-state index contributed by atoms with van der Waals surface area (Å²) in [5.41, 5.74) is 6.29. The Morgan fingerprint density at radius 2 is 2.25 bits per heavy atom. The Kier molecular flexibility index (Phi) is 3.96. The predicted octanol–water partition coefficient (Wildman–Crippen LogP) is 2.45. The van der Waals surface area contributed by atoms with Gasteiger partial charge in [-0.1, -0.05) is 11.6 Å². The molecule has 0 amide bonds. The largest absolute Gasteiger partial charge is 0.486 e. The van der Waals surface area contributed by atoms with Crippen LogP contribution in [0.25, 0.3) is 0 Å². The molecule has 16 heavy (non-hydrogen) atoms. The number of nitrogens with two attached hydrogens (primary N) is 1. The lowest BCUT2D eigenvalue weighted by Gasteiger charge is -2.23. The van der Waals surface area contributed by atoms with Gasteiger partial charge in [-0.15, -0.1) is 12.4 Å². The van der Waals surface area contributed by atoms with E-state index in [1.165, 1.54) is 12.1 Å². The normalized spacial score (nSPS) is 18.0. The zero-order valence-corrected chi connectivity index (χ0v) is 9.75. The van der Waals surface area contributed by atoms with Crippen LogP contribution in [0.4, 0.5) is 5.69 Å². The molecule has 0 unspecified atom stereocenters. The second kappa shape index (κ2) is 4.86. The van der Waals surface area contributed by atoms with Crippen molar-refractivity contribution < 1.29 is 9.66 Å². The van der Waals surface area contributed by atoms with E-state index in [1.54, 1.807) is 0 Å². The first-order valence-corrected chi connectivity index (χ1v) is 4.84. The Bertz CT molecular complexity index is 425. The minimum absolute atomic E-state index is 0. The van der Waals surface area contributed by atoms with E-state index in [9.17, 15) is 10.1 Å². The topological polar surface area (TPSA) is 78.4 Å². The van der Waals surface area contributed by atoms with Crippen LogP contribution in [0.2, 0.25) is 5.02 Å². The fourth-order valence-electron chi connectivity index (χ4n) is 1.64. The molecule has 5 nitrogen and oxygen atoms in total. The highest BCUT2D eigenvalue weighted by atomic mass is 35.5. The highest BCUT2D eigenvalue weighted by Crippen LogP contribution is 2.42. The maximum Gasteiger partial charge on any atom is 0.311 e. The van der Waals surface area contributed by atoms with E-state index in [0.29, 0.717) is 23.6 Å². The van der Waals surface area contributed by atoms with Gasteiger partial charge in [0.1, 0.15) is 0 Å². The fourth-order valence-corrected chi connectivity index (χ4v) is 1.93. The van der Waals surface area contributed by atoms with Crippen molar-refractivity contribution in [3.8, 4) is 5.75 Å². The molecule has 1 aromatic carbocycles. The molecule has 1 aliphatic rings. The van der Waals surface area contributed by atoms with E-state index < -0.39 is 4.92 Å². The average Bonchev–Trinajstić information content (AvgIpc) is 2.17. The van der Waals surface area contributed by atoms with Crippen LogP contribution in [0.15, 0.2) is 12.1 Å². The summed E-state index contributed by atoms with van der Waals surface area (Å²) in [6.45, 7) is 0.384. The highest BCUT2D eigenvalue weighted by Gasteiger charge is 2.28. The van der Waals surface area contributed by atoms with Gasteiger partial charge >= 0.3 is 5.69 Å². The zero-order chi connectivity index (χ0) is 11.0. The molecule has 0 saturated heterocycles. The molecule has 0 fully saturated rings. The van der Waals surface area contributed by atoms with Crippen molar-refractivity contribution in [1.82, 2.24) is 0 Å². The molecule has 1 aromatic rings. The average molecular weight is 265 g/mol. The number of nitro benzene ring substituents is 1. The van der Waals surface area contributed by atoms with Crippen molar-refractivity contribution in [2.75, 3.05) is 6.61 Å². The van der Waals surface area contributed by atoms with Gasteiger partial charge in [-0.05, 0) is 6.07 Å². The number of hydrogen-bond acceptors (Lipinski definition) is 4. The Labute approximate surface area is 103 Å². The first-order valence-electron chi connectivity index (χ1n) is 4.46. The number of hydrogen-bond donors (Lipinski definition) is 1. The summed E-state index contributed by atoms with van der Waals surface area (Å²) in [7, 11) is 0. The maximum atomic E-state index is 10.7. The Morgan fingerprint density at radius 3 is 2.88 bits per heavy atom. The number of halogens is 2. The van der Waals surface area contributed by atoms with Gasteiger partial charge in [-0.3, -0.25) is 10.1 Å². The van der Waals surface area contributed by atoms with Gasteiger partial charge in [-0.25, -0.2) is 0 Å². The molecule has 0 aliphatic carbocycles. The number of nitro groups is 1. The van der Waals surface area contributed by atoms with E-state index in [0.717, 1.165) is 0 Å². The molecule has 1 heterocycles. The highest BCUT2D eigenvalue weighted by molar-refractivity contribution is 6.31. The van der Waals surface area contributed by atoms with Gasteiger partial charge in [0.25, 0.3) is 0 Å². The Morgan fingerprint density at radius 1 is 1.56 bits per heavy atom. The second-order valence-corrected chi connectivity index (χ2v) is 3.72. The lowest BCUT2D eigenvalue weighted by Crippen LogP contribution is -2.21. The third-order valence-electron chi connectivity index (χ3n) is 2.36. The van der Waals surface area contributed by atoms with Crippen molar-refractivity contribution in [2.45, 2.75) is 12.5 Å². The first-order chi connectivity index (χ1) is 7.11. The lowest BCUT2D eigenvalue weighted by molar-refractivity contribution is -0.386. The van der Waals surface area contributed by atoms with E-state index >= 15 is 0 Å². The van der Waals surface area contributed by atoms with Crippen LogP contribution in [-0.4, -0.2) is 11.5 Å². The number of rotatable bonds is 1. The maximum absolute atomic E-state index is 10.7. The SMILES string of the molecule is Cl.N[C@@H]1CCOc2c([N+](=O)[O-])ccc(Cl)c21. The van der Waals surface area contributed by atoms with Crippen molar-refractivity contribution in [3.63, 3.8) is 0 Å². The molecule has 2 rings (SSSR count). The van der Waals surface area contributed by atoms with Crippen LogP contribution in [0.5, 0.6) is 5.75 Å². The van der Waals surface area contributed by atoms with E-state index in [2.05, 4.69) is 0 Å². The summed E-state index contributed by atoms with van der Waals surface area (Å²) >= 11 is 5.93. The summed E-state index contributed by atoms with van der Waals surface area (Å²) < 4.78 is 5.26. The minimum Gasteiger partial charge on any atom is -0.486 e. The molecule has 0 spiro atoms. The van der Waals surface area contributed by atoms with Crippen LogP contribution >= 0.6 is 24.0 Å². The van der Waals surface area contributed by atoms with Gasteiger partial charge < -0.3 is 10.5 Å². The Balaban J connectivity index is 0.00000128. The molecule has 2 N–H and O–H groups in total. The standard InChI is InChI=1S/C9H9ClN2O3.ClH/c10-5-1-2-7(12(13)14)9-8(5)6(11)3-4-15-9;/h1-2,6H,3-4,11H2;1H/t6-;/m1./s1. The second-order valence-electron chi connectivity index (χ2n) is 3.31. The monoisotopic (exact) mass is 264 g/mol. The molecule has 0 radical (unpaired) electrons. The molecular weight excluding hydrogens is 255 g/mol.